The van der Waals surface area contributed by atoms with E-state index in [9.17, 15) is 0 Å². The summed E-state index contributed by atoms with van der Waals surface area (Å²) in [4.78, 5) is 4.07. The summed E-state index contributed by atoms with van der Waals surface area (Å²) >= 11 is 0. The van der Waals surface area contributed by atoms with Gasteiger partial charge in [-0.25, -0.2) is 0 Å². The number of hydrogen-bond donors (Lipinski definition) is 1. The first kappa shape index (κ1) is 12.3. The smallest absolute Gasteiger partial charge is 0.101 e. The van der Waals surface area contributed by atoms with E-state index in [1.165, 1.54) is 5.56 Å². The van der Waals surface area contributed by atoms with Crippen LogP contribution in [-0.2, 0) is 0 Å². The second-order valence-corrected chi connectivity index (χ2v) is 4.21. The number of aromatic nitrogens is 1. The molecule has 0 saturated heterocycles. The van der Waals surface area contributed by atoms with Gasteiger partial charge in [0.25, 0.3) is 0 Å². The third-order valence-electron chi connectivity index (χ3n) is 3.04. The zero-order valence-corrected chi connectivity index (χ0v) is 10.5. The van der Waals surface area contributed by atoms with Crippen LogP contribution in [0.2, 0.25) is 0 Å². The maximum atomic E-state index is 8.86. The lowest BCUT2D eigenvalue weighted by Crippen LogP contribution is -2.11. The van der Waals surface area contributed by atoms with E-state index in [1.807, 2.05) is 13.1 Å². The molecule has 0 spiro atoms. The molecule has 0 fully saturated rings. The maximum absolute atomic E-state index is 8.86. The topological polar surface area (TPSA) is 48.7 Å². The lowest BCUT2D eigenvalue weighted by atomic mass is 10.0. The van der Waals surface area contributed by atoms with Gasteiger partial charge in [0.1, 0.15) is 6.07 Å². The first-order valence-electron chi connectivity index (χ1n) is 5.87. The highest BCUT2D eigenvalue weighted by Gasteiger charge is 2.03. The molecule has 1 atom stereocenters. The van der Waals surface area contributed by atoms with Crippen LogP contribution in [0.25, 0.3) is 11.1 Å². The van der Waals surface area contributed by atoms with Crippen LogP contribution in [0, 0.1) is 11.3 Å². The summed E-state index contributed by atoms with van der Waals surface area (Å²) in [6.07, 6.45) is 3.35. The predicted molar refractivity (Wildman–Crippen MR) is 71.9 cm³/mol. The van der Waals surface area contributed by atoms with E-state index in [1.54, 1.807) is 12.4 Å². The fourth-order valence-corrected chi connectivity index (χ4v) is 1.79. The predicted octanol–water partition coefficient (Wildman–Crippen LogP) is 2.90. The molecule has 1 heterocycles. The first-order valence-corrected chi connectivity index (χ1v) is 5.87. The van der Waals surface area contributed by atoms with Crippen LogP contribution < -0.4 is 5.32 Å². The third kappa shape index (κ3) is 2.55. The van der Waals surface area contributed by atoms with Crippen molar-refractivity contribution < 1.29 is 0 Å². The van der Waals surface area contributed by atoms with Crippen molar-refractivity contribution in [2.75, 3.05) is 7.05 Å². The number of nitrogens with one attached hydrogen (secondary N) is 1. The summed E-state index contributed by atoms with van der Waals surface area (Å²) in [5, 5.41) is 12.1. The van der Waals surface area contributed by atoms with Gasteiger partial charge in [0.2, 0.25) is 0 Å². The van der Waals surface area contributed by atoms with Crippen molar-refractivity contribution in [1.29, 1.82) is 5.26 Å². The minimum Gasteiger partial charge on any atom is -0.313 e. The van der Waals surface area contributed by atoms with E-state index < -0.39 is 0 Å². The summed E-state index contributed by atoms with van der Waals surface area (Å²) in [7, 11) is 1.94. The normalized spacial score (nSPS) is 11.8. The third-order valence-corrected chi connectivity index (χ3v) is 3.04. The minimum absolute atomic E-state index is 0.336. The highest BCUT2D eigenvalue weighted by atomic mass is 14.8. The van der Waals surface area contributed by atoms with E-state index in [4.69, 9.17) is 5.26 Å². The summed E-state index contributed by atoms with van der Waals surface area (Å²) in [5.41, 5.74) is 3.87. The quantitative estimate of drug-likeness (QED) is 0.893. The molecule has 2 aromatic rings. The fourth-order valence-electron chi connectivity index (χ4n) is 1.79. The first-order chi connectivity index (χ1) is 8.74. The Balaban J connectivity index is 2.32. The summed E-state index contributed by atoms with van der Waals surface area (Å²) in [6, 6.07) is 12.6. The van der Waals surface area contributed by atoms with E-state index >= 15 is 0 Å². The SMILES string of the molecule is CNC(C)c1ccc(-c2cncc(C#N)c2)cc1. The standard InChI is InChI=1S/C15H15N3/c1-11(17-2)13-3-5-14(6-4-13)15-7-12(8-16)9-18-10-15/h3-7,9-11,17H,1-2H3. The van der Waals surface area contributed by atoms with Crippen LogP contribution in [0.3, 0.4) is 0 Å². The Labute approximate surface area is 107 Å². The van der Waals surface area contributed by atoms with Gasteiger partial charge >= 0.3 is 0 Å². The van der Waals surface area contributed by atoms with E-state index in [2.05, 4.69) is 47.6 Å². The number of pyridine rings is 1. The van der Waals surface area contributed by atoms with E-state index in [0.717, 1.165) is 11.1 Å². The zero-order chi connectivity index (χ0) is 13.0. The molecule has 0 saturated carbocycles. The van der Waals surface area contributed by atoms with Gasteiger partial charge < -0.3 is 5.32 Å². The van der Waals surface area contributed by atoms with Crippen LogP contribution in [-0.4, -0.2) is 12.0 Å². The molecule has 0 bridgehead atoms. The molecule has 18 heavy (non-hydrogen) atoms. The molecule has 0 aliphatic rings. The molecule has 1 aromatic carbocycles. The molecule has 3 heteroatoms. The van der Waals surface area contributed by atoms with Gasteiger partial charge in [0.15, 0.2) is 0 Å². The molecule has 1 unspecified atom stereocenters. The molecule has 90 valence electrons. The maximum Gasteiger partial charge on any atom is 0.101 e. The van der Waals surface area contributed by atoms with E-state index in [-0.39, 0.29) is 0 Å². The largest absolute Gasteiger partial charge is 0.313 e. The summed E-state index contributed by atoms with van der Waals surface area (Å²) in [6.45, 7) is 2.12. The number of hydrogen-bond acceptors (Lipinski definition) is 3. The Morgan fingerprint density at radius 2 is 1.89 bits per heavy atom. The van der Waals surface area contributed by atoms with Gasteiger partial charge in [-0.3, -0.25) is 4.98 Å². The average molecular weight is 237 g/mol. The van der Waals surface area contributed by atoms with Crippen molar-refractivity contribution in [3.8, 4) is 17.2 Å². The second kappa shape index (κ2) is 5.44. The minimum atomic E-state index is 0.336. The molecule has 0 aliphatic heterocycles. The Morgan fingerprint density at radius 1 is 1.17 bits per heavy atom. The van der Waals surface area contributed by atoms with Crippen molar-refractivity contribution in [2.45, 2.75) is 13.0 Å². The Kier molecular flexibility index (Phi) is 3.71. The Hall–Kier alpha value is -2.18. The van der Waals surface area contributed by atoms with Crippen molar-refractivity contribution >= 4 is 0 Å². The Morgan fingerprint density at radius 3 is 2.50 bits per heavy atom. The monoisotopic (exact) mass is 237 g/mol. The molecule has 0 radical (unpaired) electrons. The second-order valence-electron chi connectivity index (χ2n) is 4.21. The molecule has 3 nitrogen and oxygen atoms in total. The van der Waals surface area contributed by atoms with Gasteiger partial charge in [-0.15, -0.1) is 0 Å². The molecular weight excluding hydrogens is 222 g/mol. The van der Waals surface area contributed by atoms with Crippen LogP contribution >= 0.6 is 0 Å². The van der Waals surface area contributed by atoms with Crippen LogP contribution in [0.5, 0.6) is 0 Å². The molecule has 1 N–H and O–H groups in total. The average Bonchev–Trinajstić information content (AvgIpc) is 2.46. The van der Waals surface area contributed by atoms with Gasteiger partial charge in [-0.05, 0) is 31.2 Å². The van der Waals surface area contributed by atoms with Crippen molar-refractivity contribution in [3.63, 3.8) is 0 Å². The molecular formula is C15H15N3. The number of nitrogens with zero attached hydrogens (tertiary/aromatic N) is 2. The van der Waals surface area contributed by atoms with Crippen molar-refractivity contribution in [1.82, 2.24) is 10.3 Å². The van der Waals surface area contributed by atoms with Gasteiger partial charge in [-0.2, -0.15) is 5.26 Å². The fraction of sp³-hybridized carbons (Fsp3) is 0.200. The van der Waals surface area contributed by atoms with Crippen molar-refractivity contribution in [3.05, 3.63) is 53.9 Å². The zero-order valence-electron chi connectivity index (χ0n) is 10.5. The molecule has 1 aromatic heterocycles. The summed E-state index contributed by atoms with van der Waals surface area (Å²) in [5.74, 6) is 0. The van der Waals surface area contributed by atoms with Crippen LogP contribution in [0.15, 0.2) is 42.7 Å². The number of rotatable bonds is 3. The van der Waals surface area contributed by atoms with Gasteiger partial charge in [-0.1, -0.05) is 24.3 Å². The number of nitriles is 1. The van der Waals surface area contributed by atoms with Crippen molar-refractivity contribution in [2.24, 2.45) is 0 Å². The lowest BCUT2D eigenvalue weighted by molar-refractivity contribution is 0.652. The highest BCUT2D eigenvalue weighted by molar-refractivity contribution is 5.64. The lowest BCUT2D eigenvalue weighted by Gasteiger charge is -2.11. The van der Waals surface area contributed by atoms with E-state index in [0.29, 0.717) is 11.6 Å². The van der Waals surface area contributed by atoms with Gasteiger partial charge in [0.05, 0.1) is 5.56 Å². The number of benzene rings is 1. The van der Waals surface area contributed by atoms with Crippen LogP contribution in [0.4, 0.5) is 0 Å². The molecule has 2 rings (SSSR count). The Bertz CT molecular complexity index is 567. The molecule has 0 amide bonds. The highest BCUT2D eigenvalue weighted by Crippen LogP contribution is 2.21. The van der Waals surface area contributed by atoms with Crippen LogP contribution in [0.1, 0.15) is 24.1 Å². The van der Waals surface area contributed by atoms with Gasteiger partial charge in [0, 0.05) is 24.0 Å². The molecule has 0 aliphatic carbocycles. The summed E-state index contributed by atoms with van der Waals surface area (Å²) < 4.78 is 0.